The van der Waals surface area contributed by atoms with Gasteiger partial charge in [0.2, 0.25) is 0 Å². The first-order valence-corrected chi connectivity index (χ1v) is 11.8. The summed E-state index contributed by atoms with van der Waals surface area (Å²) in [4.78, 5) is 2.61. The van der Waals surface area contributed by atoms with Crippen LogP contribution in [-0.4, -0.2) is 18.6 Å². The van der Waals surface area contributed by atoms with Crippen LogP contribution in [0.15, 0.2) is 103 Å². The van der Waals surface area contributed by atoms with Crippen molar-refractivity contribution in [2.45, 2.75) is 30.3 Å². The maximum Gasteiger partial charge on any atom is 0.0656 e. The topological polar surface area (TPSA) is 15.3 Å². The van der Waals surface area contributed by atoms with Crippen molar-refractivity contribution in [2.24, 2.45) is 0 Å². The van der Waals surface area contributed by atoms with E-state index in [0.717, 1.165) is 6.54 Å². The predicted molar refractivity (Wildman–Crippen MR) is 132 cm³/mol. The lowest BCUT2D eigenvalue weighted by Crippen LogP contribution is -2.65. The summed E-state index contributed by atoms with van der Waals surface area (Å²) in [6, 6.07) is 38.9. The van der Waals surface area contributed by atoms with Gasteiger partial charge in [-0.2, -0.15) is 0 Å². The summed E-state index contributed by atoms with van der Waals surface area (Å²) < 4.78 is 0. The lowest BCUT2D eigenvalue weighted by Gasteiger charge is -2.55. The molecule has 2 heteroatoms. The molecular formula is C30H26N2. The van der Waals surface area contributed by atoms with Crippen LogP contribution in [0.5, 0.6) is 0 Å². The minimum absolute atomic E-state index is 0.180. The van der Waals surface area contributed by atoms with E-state index in [9.17, 15) is 0 Å². The standard InChI is InChI=1S/C30H26N2/c1-2-11-21(12-3-1)32-27-18-9-8-17-26(27)30(29-28(32)19-10-20-31-29)24-15-6-4-13-22(24)23-14-5-7-16-25(23)30/h1-9,11-18,28-29,31H,10,19-20H2. The van der Waals surface area contributed by atoms with Gasteiger partial charge in [0, 0.05) is 17.4 Å². The highest BCUT2D eigenvalue weighted by molar-refractivity contribution is 5.88. The molecule has 156 valence electrons. The van der Waals surface area contributed by atoms with Gasteiger partial charge >= 0.3 is 0 Å². The van der Waals surface area contributed by atoms with E-state index < -0.39 is 0 Å². The summed E-state index contributed by atoms with van der Waals surface area (Å²) in [6.07, 6.45) is 2.39. The molecule has 4 aromatic rings. The van der Waals surface area contributed by atoms with Crippen LogP contribution in [0.2, 0.25) is 0 Å². The summed E-state index contributed by atoms with van der Waals surface area (Å²) in [7, 11) is 0. The van der Waals surface area contributed by atoms with Crippen molar-refractivity contribution in [1.29, 1.82) is 0 Å². The van der Waals surface area contributed by atoms with Gasteiger partial charge in [-0.15, -0.1) is 0 Å². The molecule has 1 N–H and O–H groups in total. The number of para-hydroxylation sites is 2. The Kier molecular flexibility index (Phi) is 3.88. The second kappa shape index (κ2) is 6.82. The summed E-state index contributed by atoms with van der Waals surface area (Å²) in [5.74, 6) is 0. The molecule has 0 radical (unpaired) electrons. The van der Waals surface area contributed by atoms with E-state index in [1.165, 1.54) is 52.0 Å². The SMILES string of the molecule is c1ccc(N2c3ccccc3C3(c4ccccc4-c4ccccc43)C3NCCCC32)cc1. The van der Waals surface area contributed by atoms with E-state index in [1.807, 2.05) is 0 Å². The molecule has 32 heavy (non-hydrogen) atoms. The van der Waals surface area contributed by atoms with E-state index in [-0.39, 0.29) is 5.41 Å². The van der Waals surface area contributed by atoms with E-state index >= 15 is 0 Å². The largest absolute Gasteiger partial charge is 0.336 e. The van der Waals surface area contributed by atoms with Crippen LogP contribution in [0.3, 0.4) is 0 Å². The Morgan fingerprint density at radius 3 is 1.97 bits per heavy atom. The van der Waals surface area contributed by atoms with E-state index in [1.54, 1.807) is 0 Å². The normalized spacial score (nSPS) is 22.1. The van der Waals surface area contributed by atoms with E-state index in [2.05, 4.69) is 113 Å². The second-order valence-electron chi connectivity index (χ2n) is 9.26. The Hall–Kier alpha value is -3.36. The number of anilines is 2. The Labute approximate surface area is 189 Å². The van der Waals surface area contributed by atoms with Gasteiger partial charge in [0.1, 0.15) is 0 Å². The molecule has 1 fully saturated rings. The number of piperidine rings is 1. The van der Waals surface area contributed by atoms with Crippen LogP contribution in [0, 0.1) is 0 Å². The molecule has 1 spiro atoms. The minimum Gasteiger partial charge on any atom is -0.336 e. The Morgan fingerprint density at radius 1 is 0.656 bits per heavy atom. The number of rotatable bonds is 1. The van der Waals surface area contributed by atoms with Crippen LogP contribution < -0.4 is 10.2 Å². The quantitative estimate of drug-likeness (QED) is 0.395. The highest BCUT2D eigenvalue weighted by Gasteiger charge is 2.57. The zero-order valence-electron chi connectivity index (χ0n) is 18.0. The smallest absolute Gasteiger partial charge is 0.0656 e. The summed E-state index contributed by atoms with van der Waals surface area (Å²) in [5.41, 5.74) is 9.53. The maximum atomic E-state index is 4.03. The third-order valence-electron chi connectivity index (χ3n) is 7.84. The molecule has 2 atom stereocenters. The van der Waals surface area contributed by atoms with Gasteiger partial charge in [-0.3, -0.25) is 0 Å². The van der Waals surface area contributed by atoms with Crippen LogP contribution >= 0.6 is 0 Å². The average Bonchev–Trinajstić information content (AvgIpc) is 3.16. The van der Waals surface area contributed by atoms with Gasteiger partial charge < -0.3 is 10.2 Å². The fourth-order valence-electron chi connectivity index (χ4n) is 6.77. The number of fused-ring (bicyclic) bond motifs is 9. The first-order chi connectivity index (χ1) is 15.9. The molecule has 0 aromatic heterocycles. The molecule has 0 saturated carbocycles. The number of nitrogens with one attached hydrogen (secondary N) is 1. The van der Waals surface area contributed by atoms with Crippen molar-refractivity contribution in [3.05, 3.63) is 120 Å². The van der Waals surface area contributed by atoms with Crippen LogP contribution in [0.1, 0.15) is 29.5 Å². The Balaban J connectivity index is 1.60. The van der Waals surface area contributed by atoms with Gasteiger partial charge in [0.15, 0.2) is 0 Å². The van der Waals surface area contributed by atoms with E-state index in [0.29, 0.717) is 12.1 Å². The summed E-state index contributed by atoms with van der Waals surface area (Å²) >= 11 is 0. The number of hydrogen-bond acceptors (Lipinski definition) is 2. The highest BCUT2D eigenvalue weighted by Crippen LogP contribution is 2.60. The van der Waals surface area contributed by atoms with Crippen molar-refractivity contribution >= 4 is 11.4 Å². The van der Waals surface area contributed by atoms with Crippen molar-refractivity contribution in [3.8, 4) is 11.1 Å². The molecule has 1 saturated heterocycles. The zero-order chi connectivity index (χ0) is 21.1. The average molecular weight is 415 g/mol. The summed E-state index contributed by atoms with van der Waals surface area (Å²) in [6.45, 7) is 1.07. The molecule has 7 rings (SSSR count). The van der Waals surface area contributed by atoms with Crippen LogP contribution in [-0.2, 0) is 5.41 Å². The summed E-state index contributed by atoms with van der Waals surface area (Å²) in [5, 5.41) is 4.03. The number of hydrogen-bond donors (Lipinski definition) is 1. The molecule has 2 nitrogen and oxygen atoms in total. The molecule has 4 aromatic carbocycles. The molecule has 1 aliphatic carbocycles. The first-order valence-electron chi connectivity index (χ1n) is 11.8. The second-order valence-corrected chi connectivity index (χ2v) is 9.26. The van der Waals surface area contributed by atoms with Gasteiger partial charge in [0.25, 0.3) is 0 Å². The van der Waals surface area contributed by atoms with Gasteiger partial charge in [-0.1, -0.05) is 84.9 Å². The lowest BCUT2D eigenvalue weighted by molar-refractivity contribution is 0.268. The maximum absolute atomic E-state index is 4.03. The number of benzene rings is 4. The highest BCUT2D eigenvalue weighted by atomic mass is 15.2. The fraction of sp³-hybridized carbons (Fsp3) is 0.200. The molecule has 3 aliphatic rings. The Morgan fingerprint density at radius 2 is 1.25 bits per heavy atom. The lowest BCUT2D eigenvalue weighted by atomic mass is 9.61. The minimum atomic E-state index is -0.180. The van der Waals surface area contributed by atoms with Crippen molar-refractivity contribution < 1.29 is 0 Å². The first kappa shape index (κ1) is 18.2. The van der Waals surface area contributed by atoms with E-state index in [4.69, 9.17) is 0 Å². The van der Waals surface area contributed by atoms with Crippen molar-refractivity contribution in [3.63, 3.8) is 0 Å². The van der Waals surface area contributed by atoms with Crippen molar-refractivity contribution in [2.75, 3.05) is 11.4 Å². The number of nitrogens with zero attached hydrogens (tertiary/aromatic N) is 1. The Bertz CT molecular complexity index is 1260. The predicted octanol–water partition coefficient (Wildman–Crippen LogP) is 6.27. The fourth-order valence-corrected chi connectivity index (χ4v) is 6.77. The third-order valence-corrected chi connectivity index (χ3v) is 7.84. The van der Waals surface area contributed by atoms with Crippen LogP contribution in [0.25, 0.3) is 11.1 Å². The molecule has 0 bridgehead atoms. The monoisotopic (exact) mass is 414 g/mol. The molecular weight excluding hydrogens is 388 g/mol. The van der Waals surface area contributed by atoms with Gasteiger partial charge in [-0.25, -0.2) is 0 Å². The molecule has 2 unspecified atom stereocenters. The van der Waals surface area contributed by atoms with Crippen molar-refractivity contribution in [1.82, 2.24) is 5.32 Å². The van der Waals surface area contributed by atoms with Gasteiger partial charge in [-0.05, 0) is 65.4 Å². The zero-order valence-corrected chi connectivity index (χ0v) is 18.0. The molecule has 2 aliphatic heterocycles. The van der Waals surface area contributed by atoms with Crippen LogP contribution in [0.4, 0.5) is 11.4 Å². The molecule has 2 heterocycles. The molecule has 0 amide bonds. The third kappa shape index (κ3) is 2.23. The van der Waals surface area contributed by atoms with Gasteiger partial charge in [0.05, 0.1) is 11.5 Å².